The monoisotopic (exact) mass is 213 g/mol. The van der Waals surface area contributed by atoms with E-state index in [2.05, 4.69) is 6.92 Å². The number of hydrogen-bond acceptors (Lipinski definition) is 2. The highest BCUT2D eigenvalue weighted by molar-refractivity contribution is 5.76. The molecular formula is C12H23NO2. The molecule has 1 aliphatic heterocycles. The molecule has 1 unspecified atom stereocenters. The van der Waals surface area contributed by atoms with Crippen LogP contribution in [0.3, 0.4) is 0 Å². The Morgan fingerprint density at radius 1 is 1.53 bits per heavy atom. The molecule has 0 aromatic carbocycles. The van der Waals surface area contributed by atoms with E-state index in [1.54, 1.807) is 6.92 Å². The van der Waals surface area contributed by atoms with Gasteiger partial charge in [0.05, 0.1) is 6.10 Å². The topological polar surface area (TPSA) is 40.5 Å². The molecular weight excluding hydrogens is 190 g/mol. The number of aliphatic hydroxyl groups is 1. The molecule has 0 bridgehead atoms. The van der Waals surface area contributed by atoms with Gasteiger partial charge in [-0.2, -0.15) is 0 Å². The molecule has 1 saturated heterocycles. The summed E-state index contributed by atoms with van der Waals surface area (Å²) in [6.45, 7) is 5.26. The molecule has 0 aromatic rings. The van der Waals surface area contributed by atoms with Gasteiger partial charge < -0.3 is 10.0 Å². The molecule has 0 spiro atoms. The van der Waals surface area contributed by atoms with Crippen molar-refractivity contribution in [3.8, 4) is 0 Å². The van der Waals surface area contributed by atoms with E-state index in [1.807, 2.05) is 4.90 Å². The lowest BCUT2D eigenvalue weighted by Gasteiger charge is -2.22. The predicted octanol–water partition coefficient (Wildman–Crippen LogP) is 1.80. The molecule has 1 heterocycles. The Morgan fingerprint density at radius 3 is 2.87 bits per heavy atom. The lowest BCUT2D eigenvalue weighted by molar-refractivity contribution is -0.131. The number of likely N-dealkylation sites (tertiary alicyclic amines) is 1. The van der Waals surface area contributed by atoms with Gasteiger partial charge in [-0.3, -0.25) is 4.79 Å². The Kier molecular flexibility index (Phi) is 5.09. The van der Waals surface area contributed by atoms with Crippen LogP contribution in [0.2, 0.25) is 0 Å². The summed E-state index contributed by atoms with van der Waals surface area (Å²) in [5.41, 5.74) is 0. The Balaban J connectivity index is 2.44. The Hall–Kier alpha value is -0.570. The second-order valence-electron chi connectivity index (χ2n) is 4.67. The van der Waals surface area contributed by atoms with Crippen molar-refractivity contribution in [1.82, 2.24) is 4.90 Å². The summed E-state index contributed by atoms with van der Waals surface area (Å²) in [6, 6.07) is 0. The zero-order valence-electron chi connectivity index (χ0n) is 9.91. The number of carbonyl (C=O) groups excluding carboxylic acids is 1. The first-order chi connectivity index (χ1) is 7.13. The first-order valence-corrected chi connectivity index (χ1v) is 6.09. The average Bonchev–Trinajstić information content (AvgIpc) is 2.32. The SMILES string of the molecule is CCCC1CCC(=O)N(C[C@H](C)O)CC1. The fraction of sp³-hybridized carbons (Fsp3) is 0.917. The lowest BCUT2D eigenvalue weighted by atomic mass is 9.96. The average molecular weight is 213 g/mol. The molecule has 0 aromatic heterocycles. The number of hydrogen-bond donors (Lipinski definition) is 1. The molecule has 15 heavy (non-hydrogen) atoms. The van der Waals surface area contributed by atoms with Crippen molar-refractivity contribution in [3.05, 3.63) is 0 Å². The Labute approximate surface area is 92.5 Å². The minimum atomic E-state index is -0.406. The number of rotatable bonds is 4. The van der Waals surface area contributed by atoms with E-state index in [0.717, 1.165) is 19.4 Å². The van der Waals surface area contributed by atoms with Crippen molar-refractivity contribution in [2.75, 3.05) is 13.1 Å². The van der Waals surface area contributed by atoms with Gasteiger partial charge >= 0.3 is 0 Å². The molecule has 1 rings (SSSR count). The number of aliphatic hydroxyl groups excluding tert-OH is 1. The number of carbonyl (C=O) groups is 1. The summed E-state index contributed by atoms with van der Waals surface area (Å²) < 4.78 is 0. The molecule has 2 atom stereocenters. The van der Waals surface area contributed by atoms with Crippen LogP contribution in [-0.4, -0.2) is 35.1 Å². The normalized spacial score (nSPS) is 25.1. The summed E-state index contributed by atoms with van der Waals surface area (Å²) >= 11 is 0. The summed E-state index contributed by atoms with van der Waals surface area (Å²) in [6.07, 6.45) is 4.83. The minimum Gasteiger partial charge on any atom is -0.392 e. The van der Waals surface area contributed by atoms with Crippen LogP contribution in [0.1, 0.15) is 46.0 Å². The minimum absolute atomic E-state index is 0.217. The van der Waals surface area contributed by atoms with E-state index >= 15 is 0 Å². The zero-order valence-corrected chi connectivity index (χ0v) is 9.91. The van der Waals surface area contributed by atoms with Crippen LogP contribution in [0.4, 0.5) is 0 Å². The van der Waals surface area contributed by atoms with Gasteiger partial charge in [-0.25, -0.2) is 0 Å². The largest absolute Gasteiger partial charge is 0.392 e. The van der Waals surface area contributed by atoms with E-state index < -0.39 is 6.10 Å². The third kappa shape index (κ3) is 4.20. The quantitative estimate of drug-likeness (QED) is 0.773. The third-order valence-corrected chi connectivity index (χ3v) is 3.11. The van der Waals surface area contributed by atoms with Crippen molar-refractivity contribution >= 4 is 5.91 Å². The fourth-order valence-corrected chi connectivity index (χ4v) is 2.30. The second-order valence-corrected chi connectivity index (χ2v) is 4.67. The predicted molar refractivity (Wildman–Crippen MR) is 60.5 cm³/mol. The number of nitrogens with zero attached hydrogens (tertiary/aromatic N) is 1. The van der Waals surface area contributed by atoms with Crippen LogP contribution in [0.5, 0.6) is 0 Å². The maximum absolute atomic E-state index is 11.7. The van der Waals surface area contributed by atoms with E-state index in [1.165, 1.54) is 12.8 Å². The molecule has 1 fully saturated rings. The first-order valence-electron chi connectivity index (χ1n) is 6.09. The Bertz CT molecular complexity index is 204. The summed E-state index contributed by atoms with van der Waals surface area (Å²) in [4.78, 5) is 13.5. The van der Waals surface area contributed by atoms with Gasteiger partial charge in [-0.15, -0.1) is 0 Å². The fourth-order valence-electron chi connectivity index (χ4n) is 2.30. The molecule has 0 radical (unpaired) electrons. The van der Waals surface area contributed by atoms with Gasteiger partial charge in [0.25, 0.3) is 0 Å². The van der Waals surface area contributed by atoms with Gasteiger partial charge in [0.15, 0.2) is 0 Å². The van der Waals surface area contributed by atoms with E-state index in [0.29, 0.717) is 18.9 Å². The van der Waals surface area contributed by atoms with Gasteiger partial charge in [-0.1, -0.05) is 19.8 Å². The summed E-state index contributed by atoms with van der Waals surface area (Å²) in [5, 5.41) is 9.29. The molecule has 0 saturated carbocycles. The summed E-state index contributed by atoms with van der Waals surface area (Å²) in [7, 11) is 0. The maximum atomic E-state index is 11.7. The van der Waals surface area contributed by atoms with Crippen LogP contribution in [0.15, 0.2) is 0 Å². The molecule has 1 amide bonds. The molecule has 0 aliphatic carbocycles. The highest BCUT2D eigenvalue weighted by atomic mass is 16.3. The van der Waals surface area contributed by atoms with Crippen LogP contribution in [-0.2, 0) is 4.79 Å². The molecule has 3 heteroatoms. The number of amides is 1. The number of β-amino-alcohol motifs (C(OH)–C–C–N with tert-alkyl or cyclic N) is 1. The van der Waals surface area contributed by atoms with Crippen molar-refractivity contribution in [1.29, 1.82) is 0 Å². The maximum Gasteiger partial charge on any atom is 0.222 e. The van der Waals surface area contributed by atoms with Gasteiger partial charge in [0, 0.05) is 19.5 Å². The van der Waals surface area contributed by atoms with Gasteiger partial charge in [0.2, 0.25) is 5.91 Å². The smallest absolute Gasteiger partial charge is 0.222 e. The Morgan fingerprint density at radius 2 is 2.27 bits per heavy atom. The van der Waals surface area contributed by atoms with Gasteiger partial charge in [-0.05, 0) is 25.7 Å². The van der Waals surface area contributed by atoms with Gasteiger partial charge in [0.1, 0.15) is 0 Å². The molecule has 1 N–H and O–H groups in total. The highest BCUT2D eigenvalue weighted by Crippen LogP contribution is 2.22. The molecule has 3 nitrogen and oxygen atoms in total. The van der Waals surface area contributed by atoms with E-state index in [9.17, 15) is 9.90 Å². The standard InChI is InChI=1S/C12H23NO2/c1-3-4-11-5-6-12(15)13(8-7-11)9-10(2)14/h10-11,14H,3-9H2,1-2H3/t10-,11?/m0/s1. The summed E-state index contributed by atoms with van der Waals surface area (Å²) in [5.74, 6) is 0.924. The zero-order chi connectivity index (χ0) is 11.3. The highest BCUT2D eigenvalue weighted by Gasteiger charge is 2.22. The van der Waals surface area contributed by atoms with Crippen LogP contribution < -0.4 is 0 Å². The van der Waals surface area contributed by atoms with E-state index in [-0.39, 0.29) is 5.91 Å². The van der Waals surface area contributed by atoms with Crippen LogP contribution in [0, 0.1) is 5.92 Å². The molecule has 1 aliphatic rings. The van der Waals surface area contributed by atoms with Crippen molar-refractivity contribution in [2.24, 2.45) is 5.92 Å². The third-order valence-electron chi connectivity index (χ3n) is 3.11. The second kappa shape index (κ2) is 6.11. The van der Waals surface area contributed by atoms with Crippen molar-refractivity contribution in [3.63, 3.8) is 0 Å². The van der Waals surface area contributed by atoms with Crippen LogP contribution in [0.25, 0.3) is 0 Å². The van der Waals surface area contributed by atoms with Crippen molar-refractivity contribution in [2.45, 2.75) is 52.1 Å². The molecule has 88 valence electrons. The first kappa shape index (κ1) is 12.5. The van der Waals surface area contributed by atoms with E-state index in [4.69, 9.17) is 0 Å². The van der Waals surface area contributed by atoms with Crippen LogP contribution >= 0.6 is 0 Å². The lowest BCUT2D eigenvalue weighted by Crippen LogP contribution is -2.36. The van der Waals surface area contributed by atoms with Crippen molar-refractivity contribution < 1.29 is 9.90 Å².